The summed E-state index contributed by atoms with van der Waals surface area (Å²) in [6.07, 6.45) is 1.18. The molecule has 13 rings (SSSR count). The summed E-state index contributed by atoms with van der Waals surface area (Å²) in [6.45, 7) is 22.3. The van der Waals surface area contributed by atoms with E-state index in [-0.39, 0.29) is 72.7 Å². The molecule has 1 fully saturated rings. The van der Waals surface area contributed by atoms with Crippen molar-refractivity contribution in [2.45, 2.75) is 118 Å². The van der Waals surface area contributed by atoms with Crippen LogP contribution in [0.4, 0.5) is 32.2 Å². The van der Waals surface area contributed by atoms with Crippen molar-refractivity contribution in [3.8, 4) is 45.4 Å². The SMILES string of the molecule is CC(C)Oc1ccc(-c2[nH]nc3ncnc(N)c23)cc1F.CC(C)Oc1ccc(B2OC(C)(C)C(C)(C)O2)cc1F.CC(C)Oc1ccc(Br)cc1F.COc1cccc2oc(CBr)c(-c3cccc(F)c3)c(=O)c12.Cc1cc(=O)c2c(F)cccc2o1.Cc1oc2cccc(F)c2c(=O)c1Br. The van der Waals surface area contributed by atoms with Crippen molar-refractivity contribution in [3.63, 3.8) is 0 Å². The summed E-state index contributed by atoms with van der Waals surface area (Å²) in [5.41, 5.74) is 8.17. The summed E-state index contributed by atoms with van der Waals surface area (Å²) in [5, 5.41) is 8.16. The molecule has 12 aromatic rings. The lowest BCUT2D eigenvalue weighted by molar-refractivity contribution is 0.00578. The number of methoxy groups -OCH3 is 1. The fraction of sp³-hybridized carbons (Fsp3) is 0.253. The number of aromatic nitrogens is 4. The number of nitrogens with zero attached hydrogens (tertiary/aromatic N) is 3. The summed E-state index contributed by atoms with van der Waals surface area (Å²) in [4.78, 5) is 43.8. The lowest BCUT2D eigenvalue weighted by Crippen LogP contribution is -2.41. The standard InChI is InChI=1S/C17H12BrFO3.C15H22BFO3.C14H14FN5O.C10H6BrFO2.C10H7FO2.C9H10BrFO/c1-21-12-6-3-7-13-16(12)17(20)15(14(9-18)22-13)10-4-2-5-11(19)8-10;1-10(2)18-13-8-7-11(9-12(13)17)16-19-14(3,4)15(5,6)20-16;1-7(2)21-10-4-3-8(5-9(10)15)12-11-13(16)17-6-18-14(11)20-19-12;1-5-9(11)10(13)8-6(12)3-2-4-7(8)14-5;1-6-5-8(12)10-7(11)3-2-4-9(10)13-6;1-6(2)12-9-4-3-7(10)5-8(9)11/h2-8H,9H2,1H3;7-10H,1-6H3;3-7H,1-2H3,(H3,16,17,18,19,20);2-4H,1H3;2-5H,1H3;3-6H,1-2H3. The zero-order valence-electron chi connectivity index (χ0n) is 57.6. The average molecular weight is 1600 g/mol. The van der Waals surface area contributed by atoms with Crippen LogP contribution < -0.4 is 46.4 Å². The number of nitrogen functional groups attached to an aromatic ring is 1. The molecule has 6 heterocycles. The van der Waals surface area contributed by atoms with Crippen LogP contribution >= 0.6 is 47.8 Å². The third kappa shape index (κ3) is 19.1. The molecule has 0 aliphatic carbocycles. The Balaban J connectivity index is 0.000000158. The Bertz CT molecular complexity index is 5160. The number of nitrogens with one attached hydrogen (secondary N) is 1. The monoisotopic (exact) mass is 1600 g/mol. The molecule has 1 saturated heterocycles. The van der Waals surface area contributed by atoms with E-state index in [2.05, 4.69) is 68.0 Å². The van der Waals surface area contributed by atoms with E-state index in [4.69, 9.17) is 47.2 Å². The number of hydrogen-bond acceptors (Lipinski definition) is 16. The number of benzene rings is 7. The minimum atomic E-state index is -0.558. The van der Waals surface area contributed by atoms with Gasteiger partial charge in [0.25, 0.3) is 0 Å². The number of H-pyrrole nitrogens is 1. The van der Waals surface area contributed by atoms with Gasteiger partial charge in [-0.25, -0.2) is 36.3 Å². The number of alkyl halides is 1. The Morgan fingerprint density at radius 2 is 1.10 bits per heavy atom. The quantitative estimate of drug-likeness (QED) is 0.0697. The van der Waals surface area contributed by atoms with E-state index >= 15 is 0 Å². The molecule has 534 valence electrons. The Kier molecular flexibility index (Phi) is 26.3. The number of anilines is 1. The normalized spacial score (nSPS) is 12.7. The Morgan fingerprint density at radius 3 is 1.66 bits per heavy atom. The summed E-state index contributed by atoms with van der Waals surface area (Å²) >= 11 is 9.55. The highest BCUT2D eigenvalue weighted by Crippen LogP contribution is 2.38. The molecule has 102 heavy (non-hydrogen) atoms. The molecule has 17 nitrogen and oxygen atoms in total. The van der Waals surface area contributed by atoms with E-state index in [9.17, 15) is 40.7 Å². The van der Waals surface area contributed by atoms with Gasteiger partial charge in [-0.05, 0) is 207 Å². The molecular weight excluding hydrogens is 1530 g/mol. The number of fused-ring (bicyclic) bond motifs is 4. The van der Waals surface area contributed by atoms with Crippen LogP contribution in [0, 0.1) is 48.8 Å². The van der Waals surface area contributed by atoms with E-state index in [0.717, 1.165) is 4.47 Å². The second-order valence-corrected chi connectivity index (χ2v) is 26.8. The Labute approximate surface area is 608 Å². The fourth-order valence-electron chi connectivity index (χ4n) is 9.94. The van der Waals surface area contributed by atoms with Crippen molar-refractivity contribution in [1.29, 1.82) is 0 Å². The first-order valence-corrected chi connectivity index (χ1v) is 34.3. The van der Waals surface area contributed by atoms with Crippen molar-refractivity contribution in [2.24, 2.45) is 0 Å². The first-order valence-electron chi connectivity index (χ1n) is 31.6. The first kappa shape index (κ1) is 78.4. The van der Waals surface area contributed by atoms with E-state index in [0.29, 0.717) is 95.4 Å². The van der Waals surface area contributed by atoms with Gasteiger partial charge in [0.2, 0.25) is 10.9 Å². The number of ether oxygens (including phenoxy) is 4. The van der Waals surface area contributed by atoms with Crippen LogP contribution in [0.25, 0.3) is 66.3 Å². The maximum Gasteiger partial charge on any atom is 0.494 e. The summed E-state index contributed by atoms with van der Waals surface area (Å²) in [7, 11) is 0.941. The Morgan fingerprint density at radius 1 is 0.559 bits per heavy atom. The summed E-state index contributed by atoms with van der Waals surface area (Å²) in [6, 6.07) is 35.2. The number of aromatic amines is 1. The molecule has 27 heteroatoms. The Hall–Kier alpha value is -9.28. The highest BCUT2D eigenvalue weighted by Gasteiger charge is 2.52. The third-order valence-corrected chi connectivity index (χ3v) is 17.2. The largest absolute Gasteiger partial charge is 0.496 e. The van der Waals surface area contributed by atoms with Crippen molar-refractivity contribution in [3.05, 3.63) is 238 Å². The minimum Gasteiger partial charge on any atom is -0.496 e. The third-order valence-electron chi connectivity index (χ3n) is 15.3. The van der Waals surface area contributed by atoms with E-state index in [1.54, 1.807) is 92.7 Å². The van der Waals surface area contributed by atoms with Crippen LogP contribution in [-0.4, -0.2) is 63.9 Å². The van der Waals surface area contributed by atoms with Gasteiger partial charge < -0.3 is 47.2 Å². The number of hydrogen-bond donors (Lipinski definition) is 2. The number of nitrogens with two attached hydrogens (primary N) is 1. The van der Waals surface area contributed by atoms with E-state index in [1.807, 2.05) is 69.2 Å². The smallest absolute Gasteiger partial charge is 0.494 e. The van der Waals surface area contributed by atoms with Crippen molar-refractivity contribution >= 4 is 110 Å². The molecule has 1 aliphatic heterocycles. The highest BCUT2D eigenvalue weighted by molar-refractivity contribution is 9.10. The zero-order chi connectivity index (χ0) is 74.7. The van der Waals surface area contributed by atoms with Gasteiger partial charge in [0.1, 0.15) is 90.0 Å². The summed E-state index contributed by atoms with van der Waals surface area (Å²) < 4.78 is 131. The van der Waals surface area contributed by atoms with Gasteiger partial charge in [-0.1, -0.05) is 68.3 Å². The van der Waals surface area contributed by atoms with Crippen LogP contribution in [-0.2, 0) is 14.6 Å². The maximum absolute atomic E-state index is 14.1. The molecule has 0 unspecified atom stereocenters. The molecule has 0 atom stereocenters. The average Bonchev–Trinajstić information content (AvgIpc) is 1.38. The second kappa shape index (κ2) is 34.1. The van der Waals surface area contributed by atoms with Gasteiger partial charge in [-0.2, -0.15) is 5.10 Å². The number of halogens is 9. The molecule has 0 saturated carbocycles. The van der Waals surface area contributed by atoms with Crippen molar-refractivity contribution in [2.75, 3.05) is 12.8 Å². The molecule has 0 amide bonds. The summed E-state index contributed by atoms with van der Waals surface area (Å²) in [5.74, 6) is 0.212. The van der Waals surface area contributed by atoms with Crippen LogP contribution in [0.3, 0.4) is 0 Å². The van der Waals surface area contributed by atoms with Gasteiger partial charge in [0.15, 0.2) is 45.8 Å². The lowest BCUT2D eigenvalue weighted by atomic mass is 9.79. The number of rotatable bonds is 11. The molecule has 1 aliphatic rings. The lowest BCUT2D eigenvalue weighted by Gasteiger charge is -2.32. The first-order chi connectivity index (χ1) is 48.2. The van der Waals surface area contributed by atoms with Crippen molar-refractivity contribution < 1.29 is 67.9 Å². The highest BCUT2D eigenvalue weighted by atomic mass is 79.9. The van der Waals surface area contributed by atoms with Gasteiger partial charge in [0.05, 0.1) is 58.6 Å². The molecule has 0 radical (unpaired) electrons. The molecule has 0 spiro atoms. The van der Waals surface area contributed by atoms with Crippen LogP contribution in [0.2, 0.25) is 0 Å². The van der Waals surface area contributed by atoms with Gasteiger partial charge in [0, 0.05) is 16.1 Å². The van der Waals surface area contributed by atoms with Gasteiger partial charge in [-0.15, -0.1) is 0 Å². The number of aryl methyl sites for hydroxylation is 2. The topological polar surface area (TPSA) is 226 Å². The fourth-order valence-corrected chi connectivity index (χ4v) is 11.0. The van der Waals surface area contributed by atoms with Gasteiger partial charge >= 0.3 is 7.12 Å². The molecular formula is C75H71BBr3F6N5O12. The van der Waals surface area contributed by atoms with Crippen LogP contribution in [0.5, 0.6) is 23.0 Å². The molecule has 7 aromatic carbocycles. The molecule has 0 bridgehead atoms. The maximum atomic E-state index is 14.1. The predicted octanol–water partition coefficient (Wildman–Crippen LogP) is 18.6. The van der Waals surface area contributed by atoms with Crippen LogP contribution in [0.15, 0.2) is 182 Å². The zero-order valence-corrected chi connectivity index (χ0v) is 62.4. The second-order valence-electron chi connectivity index (χ2n) is 24.5. The minimum absolute atomic E-state index is 0.000625. The van der Waals surface area contributed by atoms with Gasteiger partial charge in [-0.3, -0.25) is 19.5 Å². The van der Waals surface area contributed by atoms with Crippen molar-refractivity contribution in [1.82, 2.24) is 20.2 Å². The van der Waals surface area contributed by atoms with E-state index < -0.39 is 47.4 Å². The predicted molar refractivity (Wildman–Crippen MR) is 394 cm³/mol. The molecule has 3 N–H and O–H groups in total. The van der Waals surface area contributed by atoms with E-state index in [1.165, 1.54) is 74.1 Å². The van der Waals surface area contributed by atoms with Crippen LogP contribution in [0.1, 0.15) is 86.5 Å². The molecule has 5 aromatic heterocycles.